The van der Waals surface area contributed by atoms with Crippen LogP contribution in [-0.4, -0.2) is 12.0 Å². The predicted molar refractivity (Wildman–Crippen MR) is 77.2 cm³/mol. The van der Waals surface area contributed by atoms with Crippen molar-refractivity contribution in [2.75, 3.05) is 7.11 Å². The van der Waals surface area contributed by atoms with Gasteiger partial charge < -0.3 is 9.47 Å². The summed E-state index contributed by atoms with van der Waals surface area (Å²) in [5, 5.41) is 11.0. The lowest BCUT2D eigenvalue weighted by molar-refractivity contribution is -0.385. The average molecular weight is 284 g/mol. The highest BCUT2D eigenvalue weighted by molar-refractivity contribution is 5.56. The molecule has 21 heavy (non-hydrogen) atoms. The van der Waals surface area contributed by atoms with E-state index in [1.54, 1.807) is 31.2 Å². The summed E-state index contributed by atoms with van der Waals surface area (Å²) < 4.78 is 10.5. The van der Waals surface area contributed by atoms with Gasteiger partial charge >= 0.3 is 5.69 Å². The molecule has 2 aromatic rings. The zero-order valence-corrected chi connectivity index (χ0v) is 11.5. The van der Waals surface area contributed by atoms with Gasteiger partial charge in [-0.25, -0.2) is 4.85 Å². The van der Waals surface area contributed by atoms with Crippen LogP contribution in [0.3, 0.4) is 0 Å². The van der Waals surface area contributed by atoms with E-state index in [9.17, 15) is 10.1 Å². The van der Waals surface area contributed by atoms with Gasteiger partial charge in [-0.05, 0) is 36.8 Å². The Labute approximate surface area is 121 Å². The van der Waals surface area contributed by atoms with Crippen LogP contribution in [0.1, 0.15) is 5.56 Å². The van der Waals surface area contributed by atoms with Gasteiger partial charge in [-0.1, -0.05) is 6.07 Å². The van der Waals surface area contributed by atoms with Gasteiger partial charge in [0.2, 0.25) is 0 Å². The normalized spacial score (nSPS) is 9.76. The van der Waals surface area contributed by atoms with E-state index in [2.05, 4.69) is 4.85 Å². The molecule has 0 heterocycles. The first-order valence-electron chi connectivity index (χ1n) is 6.03. The van der Waals surface area contributed by atoms with E-state index in [1.807, 2.05) is 0 Å². The number of nitrogens with zero attached hydrogens (tertiary/aromatic N) is 2. The Balaban J connectivity index is 2.32. The Morgan fingerprint density at radius 3 is 2.43 bits per heavy atom. The van der Waals surface area contributed by atoms with Crippen molar-refractivity contribution in [3.63, 3.8) is 0 Å². The minimum atomic E-state index is -0.529. The molecule has 0 aromatic heterocycles. The molecule has 0 fully saturated rings. The highest BCUT2D eigenvalue weighted by atomic mass is 16.6. The van der Waals surface area contributed by atoms with Crippen LogP contribution in [0.25, 0.3) is 4.85 Å². The summed E-state index contributed by atoms with van der Waals surface area (Å²) in [4.78, 5) is 13.8. The van der Waals surface area contributed by atoms with Crippen LogP contribution in [0.5, 0.6) is 17.2 Å². The Morgan fingerprint density at radius 1 is 1.19 bits per heavy atom. The molecule has 0 aliphatic carbocycles. The van der Waals surface area contributed by atoms with Crippen molar-refractivity contribution in [2.24, 2.45) is 0 Å². The van der Waals surface area contributed by atoms with E-state index in [-0.39, 0.29) is 11.4 Å². The van der Waals surface area contributed by atoms with Crippen molar-refractivity contribution >= 4 is 11.4 Å². The summed E-state index contributed by atoms with van der Waals surface area (Å²) in [5.41, 5.74) is 1.16. The van der Waals surface area contributed by atoms with Crippen molar-refractivity contribution in [1.82, 2.24) is 0 Å². The number of benzene rings is 2. The summed E-state index contributed by atoms with van der Waals surface area (Å²) in [7, 11) is 1.37. The molecule has 0 saturated heterocycles. The maximum absolute atomic E-state index is 11.0. The second kappa shape index (κ2) is 5.92. The molecule has 0 aliphatic rings. The molecule has 0 spiro atoms. The fourth-order valence-corrected chi connectivity index (χ4v) is 1.83. The van der Waals surface area contributed by atoms with Crippen LogP contribution in [0.2, 0.25) is 0 Å². The molecule has 0 unspecified atom stereocenters. The third kappa shape index (κ3) is 3.09. The molecule has 2 rings (SSSR count). The number of hydrogen-bond donors (Lipinski definition) is 0. The fourth-order valence-electron chi connectivity index (χ4n) is 1.83. The van der Waals surface area contributed by atoms with Gasteiger partial charge in [0, 0.05) is 0 Å². The van der Waals surface area contributed by atoms with E-state index in [0.717, 1.165) is 5.56 Å². The SMILES string of the molecule is [C-]#[N+]c1ccc(Oc2ccc(OC)c([N+](=O)[O-])c2)cc1C. The Bertz CT molecular complexity index is 735. The van der Waals surface area contributed by atoms with Crippen molar-refractivity contribution < 1.29 is 14.4 Å². The van der Waals surface area contributed by atoms with Crippen molar-refractivity contribution in [1.29, 1.82) is 0 Å². The molecule has 0 N–H and O–H groups in total. The van der Waals surface area contributed by atoms with Gasteiger partial charge in [0.15, 0.2) is 11.4 Å². The third-order valence-electron chi connectivity index (χ3n) is 2.87. The topological polar surface area (TPSA) is 66.0 Å². The van der Waals surface area contributed by atoms with Crippen LogP contribution >= 0.6 is 0 Å². The quantitative estimate of drug-likeness (QED) is 0.478. The van der Waals surface area contributed by atoms with Crippen molar-refractivity contribution in [3.8, 4) is 17.2 Å². The summed E-state index contributed by atoms with van der Waals surface area (Å²) in [6, 6.07) is 9.38. The molecule has 0 radical (unpaired) electrons. The lowest BCUT2D eigenvalue weighted by Crippen LogP contribution is -1.94. The summed E-state index contributed by atoms with van der Waals surface area (Å²) >= 11 is 0. The number of ether oxygens (including phenoxy) is 2. The van der Waals surface area contributed by atoms with Crippen molar-refractivity contribution in [3.05, 3.63) is 63.5 Å². The third-order valence-corrected chi connectivity index (χ3v) is 2.87. The van der Waals surface area contributed by atoms with Gasteiger partial charge in [-0.15, -0.1) is 0 Å². The zero-order chi connectivity index (χ0) is 15.4. The average Bonchev–Trinajstić information content (AvgIpc) is 2.47. The maximum Gasteiger partial charge on any atom is 0.314 e. The van der Waals surface area contributed by atoms with E-state index in [0.29, 0.717) is 17.2 Å². The summed E-state index contributed by atoms with van der Waals surface area (Å²) in [5.74, 6) is 1.02. The highest BCUT2D eigenvalue weighted by Crippen LogP contribution is 2.34. The highest BCUT2D eigenvalue weighted by Gasteiger charge is 2.16. The second-order valence-corrected chi connectivity index (χ2v) is 4.25. The Morgan fingerprint density at radius 2 is 1.86 bits per heavy atom. The smallest absolute Gasteiger partial charge is 0.314 e. The molecule has 6 heteroatoms. The van der Waals surface area contributed by atoms with Crippen molar-refractivity contribution in [2.45, 2.75) is 6.92 Å². The van der Waals surface area contributed by atoms with Crippen LogP contribution in [0.4, 0.5) is 11.4 Å². The number of nitro groups is 1. The predicted octanol–water partition coefficient (Wildman–Crippen LogP) is 4.25. The van der Waals surface area contributed by atoms with E-state index in [4.69, 9.17) is 16.0 Å². The molecule has 0 atom stereocenters. The van der Waals surface area contributed by atoms with E-state index < -0.39 is 4.92 Å². The lowest BCUT2D eigenvalue weighted by atomic mass is 10.2. The molecule has 0 amide bonds. The second-order valence-electron chi connectivity index (χ2n) is 4.25. The number of nitro benzene ring substituents is 1. The fraction of sp³-hybridized carbons (Fsp3) is 0.133. The molecule has 0 saturated carbocycles. The van der Waals surface area contributed by atoms with Crippen LogP contribution < -0.4 is 9.47 Å². The van der Waals surface area contributed by atoms with Crippen LogP contribution in [0.15, 0.2) is 36.4 Å². The molecular weight excluding hydrogens is 272 g/mol. The first-order valence-corrected chi connectivity index (χ1v) is 6.03. The monoisotopic (exact) mass is 284 g/mol. The molecule has 2 aromatic carbocycles. The lowest BCUT2D eigenvalue weighted by Gasteiger charge is -2.08. The van der Waals surface area contributed by atoms with Crippen LogP contribution in [0, 0.1) is 23.6 Å². The summed E-state index contributed by atoms with van der Waals surface area (Å²) in [6.45, 7) is 8.79. The van der Waals surface area contributed by atoms with Gasteiger partial charge in [-0.3, -0.25) is 10.1 Å². The van der Waals surface area contributed by atoms with E-state index >= 15 is 0 Å². The molecule has 0 aliphatic heterocycles. The van der Waals surface area contributed by atoms with E-state index in [1.165, 1.54) is 19.2 Å². The van der Waals surface area contributed by atoms with Crippen LogP contribution in [-0.2, 0) is 0 Å². The number of aryl methyl sites for hydroxylation is 1. The first-order chi connectivity index (χ1) is 10.0. The van der Waals surface area contributed by atoms with Gasteiger partial charge in [-0.2, -0.15) is 0 Å². The molecular formula is C15H12N2O4. The van der Waals surface area contributed by atoms with Gasteiger partial charge in [0.1, 0.15) is 11.5 Å². The maximum atomic E-state index is 11.0. The minimum absolute atomic E-state index is 0.162. The Hall–Kier alpha value is -3.07. The minimum Gasteiger partial charge on any atom is -0.490 e. The first kappa shape index (κ1) is 14.3. The Kier molecular flexibility index (Phi) is 4.05. The number of methoxy groups -OCH3 is 1. The summed E-state index contributed by atoms with van der Waals surface area (Å²) in [6.07, 6.45) is 0. The number of hydrogen-bond acceptors (Lipinski definition) is 4. The molecule has 6 nitrogen and oxygen atoms in total. The largest absolute Gasteiger partial charge is 0.490 e. The van der Waals surface area contributed by atoms with Gasteiger partial charge in [0.25, 0.3) is 0 Å². The zero-order valence-electron chi connectivity index (χ0n) is 11.5. The van der Waals surface area contributed by atoms with Gasteiger partial charge in [0.05, 0.1) is 24.7 Å². The molecule has 106 valence electrons. The molecule has 0 bridgehead atoms. The standard InChI is InChI=1S/C15H12N2O4/c1-10-8-11(4-6-13(10)16-2)21-12-5-7-15(20-3)14(9-12)17(18)19/h4-9H,1,3H3. The number of rotatable bonds is 4.